The molecular formula is C18H17BrFN3O2S. The van der Waals surface area contributed by atoms with Gasteiger partial charge in [0.05, 0.1) is 12.6 Å². The van der Waals surface area contributed by atoms with Crippen molar-refractivity contribution < 1.29 is 14.2 Å². The van der Waals surface area contributed by atoms with E-state index in [-0.39, 0.29) is 11.7 Å². The molecule has 2 aromatic rings. The molecule has 136 valence electrons. The maximum Gasteiger partial charge on any atom is 0.216 e. The van der Waals surface area contributed by atoms with Crippen LogP contribution in [0.3, 0.4) is 0 Å². The van der Waals surface area contributed by atoms with Gasteiger partial charge in [-0.1, -0.05) is 11.8 Å². The minimum absolute atomic E-state index is 0.00616. The van der Waals surface area contributed by atoms with Gasteiger partial charge in [0.1, 0.15) is 11.6 Å². The average molecular weight is 438 g/mol. The molecule has 0 fully saturated rings. The predicted octanol–water partition coefficient (Wildman–Crippen LogP) is 3.37. The summed E-state index contributed by atoms with van der Waals surface area (Å²) in [6.07, 6.45) is 2.82. The van der Waals surface area contributed by atoms with E-state index in [0.29, 0.717) is 29.5 Å². The van der Waals surface area contributed by atoms with Crippen molar-refractivity contribution in [1.29, 1.82) is 0 Å². The molecule has 2 atom stereocenters. The Bertz CT molecular complexity index is 924. The number of methoxy groups -OCH3 is 1. The van der Waals surface area contributed by atoms with Crippen LogP contribution in [0.15, 0.2) is 33.9 Å². The zero-order valence-electron chi connectivity index (χ0n) is 14.0. The molecule has 0 saturated heterocycles. The SMILES string of the molecule is COc1ncc(Br)c2c1C[C@]1(c3cc(O)ccc3F)N=C(N)SC[C@@H]1C2. The van der Waals surface area contributed by atoms with Gasteiger partial charge in [0, 0.05) is 39.9 Å². The van der Waals surface area contributed by atoms with Gasteiger partial charge in [-0.2, -0.15) is 0 Å². The monoisotopic (exact) mass is 437 g/mol. The fraction of sp³-hybridized carbons (Fsp3) is 0.333. The van der Waals surface area contributed by atoms with Crippen LogP contribution in [0.5, 0.6) is 11.6 Å². The Kier molecular flexibility index (Phi) is 4.35. The summed E-state index contributed by atoms with van der Waals surface area (Å²) in [5.41, 5.74) is 7.52. The molecule has 3 N–H and O–H groups in total. The number of aromatic nitrogens is 1. The molecule has 0 radical (unpaired) electrons. The molecule has 26 heavy (non-hydrogen) atoms. The maximum atomic E-state index is 14.8. The van der Waals surface area contributed by atoms with E-state index < -0.39 is 11.4 Å². The largest absolute Gasteiger partial charge is 0.508 e. The number of hydrogen-bond donors (Lipinski definition) is 2. The van der Waals surface area contributed by atoms with Crippen LogP contribution >= 0.6 is 27.7 Å². The van der Waals surface area contributed by atoms with E-state index in [4.69, 9.17) is 15.5 Å². The summed E-state index contributed by atoms with van der Waals surface area (Å²) in [6, 6.07) is 4.07. The number of benzene rings is 1. The van der Waals surface area contributed by atoms with Crippen LogP contribution in [-0.2, 0) is 18.4 Å². The molecule has 0 saturated carbocycles. The first-order valence-electron chi connectivity index (χ1n) is 8.12. The zero-order chi connectivity index (χ0) is 18.5. The Morgan fingerprint density at radius 1 is 1.42 bits per heavy atom. The third kappa shape index (κ3) is 2.66. The van der Waals surface area contributed by atoms with E-state index in [1.54, 1.807) is 13.3 Å². The standard InChI is InChI=1S/C18H17BrFN3O2S/c1-25-16-12-6-18(13-5-10(24)2-3-15(13)20)9(8-26-17(21)23-18)4-11(12)14(19)7-22-16/h2-3,5,7,9,24H,4,6,8H2,1H3,(H2,21,23)/t9-,18-/m0/s1. The maximum absolute atomic E-state index is 14.8. The molecule has 0 spiro atoms. The number of phenolic OH excluding ortho intramolecular Hbond substituents is 1. The minimum Gasteiger partial charge on any atom is -0.508 e. The molecule has 2 heterocycles. The lowest BCUT2D eigenvalue weighted by Crippen LogP contribution is -2.46. The lowest BCUT2D eigenvalue weighted by Gasteiger charge is -2.45. The molecule has 1 aromatic heterocycles. The molecule has 5 nitrogen and oxygen atoms in total. The lowest BCUT2D eigenvalue weighted by atomic mass is 9.67. The van der Waals surface area contributed by atoms with Crippen molar-refractivity contribution in [3.8, 4) is 11.6 Å². The van der Waals surface area contributed by atoms with E-state index >= 15 is 0 Å². The van der Waals surface area contributed by atoms with Crippen LogP contribution in [0.2, 0.25) is 0 Å². The van der Waals surface area contributed by atoms with E-state index in [2.05, 4.69) is 20.9 Å². The topological polar surface area (TPSA) is 80.7 Å². The van der Waals surface area contributed by atoms with Crippen molar-refractivity contribution in [3.05, 3.63) is 51.4 Å². The second-order valence-electron chi connectivity index (χ2n) is 6.50. The molecule has 4 rings (SSSR count). The van der Waals surface area contributed by atoms with Gasteiger partial charge in [-0.05, 0) is 46.1 Å². The van der Waals surface area contributed by atoms with E-state index in [0.717, 1.165) is 21.4 Å². The van der Waals surface area contributed by atoms with E-state index in [1.165, 1.54) is 30.0 Å². The number of pyridine rings is 1. The van der Waals surface area contributed by atoms with Crippen molar-refractivity contribution in [2.24, 2.45) is 16.6 Å². The zero-order valence-corrected chi connectivity index (χ0v) is 16.4. The van der Waals surface area contributed by atoms with E-state index in [1.807, 2.05) is 0 Å². The molecular weight excluding hydrogens is 421 g/mol. The number of aliphatic imine (C=N–C) groups is 1. The second kappa shape index (κ2) is 6.42. The minimum atomic E-state index is -0.888. The van der Waals surface area contributed by atoms with Crippen molar-refractivity contribution >= 4 is 32.9 Å². The van der Waals surface area contributed by atoms with E-state index in [9.17, 15) is 9.50 Å². The van der Waals surface area contributed by atoms with Crippen LogP contribution < -0.4 is 10.5 Å². The van der Waals surface area contributed by atoms with Gasteiger partial charge >= 0.3 is 0 Å². The highest BCUT2D eigenvalue weighted by molar-refractivity contribution is 9.10. The van der Waals surface area contributed by atoms with Crippen molar-refractivity contribution in [1.82, 2.24) is 4.98 Å². The highest BCUT2D eigenvalue weighted by Gasteiger charge is 2.49. The number of rotatable bonds is 2. The Balaban J connectivity index is 1.97. The summed E-state index contributed by atoms with van der Waals surface area (Å²) in [6.45, 7) is 0. The highest BCUT2D eigenvalue weighted by Crippen LogP contribution is 2.51. The van der Waals surface area contributed by atoms with Gasteiger partial charge < -0.3 is 15.6 Å². The lowest BCUT2D eigenvalue weighted by molar-refractivity contribution is 0.260. The van der Waals surface area contributed by atoms with Gasteiger partial charge in [-0.25, -0.2) is 9.37 Å². The van der Waals surface area contributed by atoms with Crippen LogP contribution in [-0.4, -0.2) is 28.1 Å². The highest BCUT2D eigenvalue weighted by atomic mass is 79.9. The first kappa shape index (κ1) is 17.6. The number of nitrogens with two attached hydrogens (primary N) is 1. The first-order chi connectivity index (χ1) is 12.4. The first-order valence-corrected chi connectivity index (χ1v) is 9.90. The predicted molar refractivity (Wildman–Crippen MR) is 103 cm³/mol. The van der Waals surface area contributed by atoms with Gasteiger partial charge in [0.2, 0.25) is 5.88 Å². The van der Waals surface area contributed by atoms with Gasteiger partial charge in [0.15, 0.2) is 5.17 Å². The fourth-order valence-corrected chi connectivity index (χ4v) is 5.41. The summed E-state index contributed by atoms with van der Waals surface area (Å²) >= 11 is 5.05. The quantitative estimate of drug-likeness (QED) is 0.752. The Morgan fingerprint density at radius 3 is 3.00 bits per heavy atom. The number of nitrogens with zero attached hydrogens (tertiary/aromatic N) is 2. The number of fused-ring (bicyclic) bond motifs is 2. The third-order valence-electron chi connectivity index (χ3n) is 5.13. The molecule has 0 amide bonds. The van der Waals surface area contributed by atoms with Crippen molar-refractivity contribution in [2.75, 3.05) is 12.9 Å². The molecule has 0 unspecified atom stereocenters. The second-order valence-corrected chi connectivity index (χ2v) is 8.39. The fourth-order valence-electron chi connectivity index (χ4n) is 3.92. The number of thioether (sulfide) groups is 1. The van der Waals surface area contributed by atoms with Crippen LogP contribution in [0.4, 0.5) is 4.39 Å². The molecule has 1 aromatic carbocycles. The van der Waals surface area contributed by atoms with Crippen molar-refractivity contribution in [2.45, 2.75) is 18.4 Å². The molecule has 1 aliphatic heterocycles. The summed E-state index contributed by atoms with van der Waals surface area (Å²) in [5, 5.41) is 10.4. The number of aromatic hydroxyl groups is 1. The normalized spacial score (nSPS) is 24.4. The Hall–Kier alpha value is -1.80. The third-order valence-corrected chi connectivity index (χ3v) is 6.77. The summed E-state index contributed by atoms with van der Waals surface area (Å²) < 4.78 is 21.2. The summed E-state index contributed by atoms with van der Waals surface area (Å²) in [7, 11) is 1.57. The summed E-state index contributed by atoms with van der Waals surface area (Å²) in [4.78, 5) is 9.05. The number of halogens is 2. The molecule has 1 aliphatic carbocycles. The number of amidine groups is 1. The number of phenols is 1. The Morgan fingerprint density at radius 2 is 2.23 bits per heavy atom. The summed E-state index contributed by atoms with van der Waals surface area (Å²) in [5.74, 6) is 0.870. The van der Waals surface area contributed by atoms with Gasteiger partial charge in [-0.3, -0.25) is 4.99 Å². The van der Waals surface area contributed by atoms with Gasteiger partial charge in [-0.15, -0.1) is 0 Å². The van der Waals surface area contributed by atoms with Crippen LogP contribution in [0.1, 0.15) is 16.7 Å². The van der Waals surface area contributed by atoms with Gasteiger partial charge in [0.25, 0.3) is 0 Å². The van der Waals surface area contributed by atoms with Crippen LogP contribution in [0, 0.1) is 11.7 Å². The molecule has 0 bridgehead atoms. The smallest absolute Gasteiger partial charge is 0.216 e. The molecule has 2 aliphatic rings. The Labute approximate surface area is 163 Å². The molecule has 8 heteroatoms. The number of hydrogen-bond acceptors (Lipinski definition) is 6. The number of ether oxygens (including phenoxy) is 1. The van der Waals surface area contributed by atoms with Crippen molar-refractivity contribution in [3.63, 3.8) is 0 Å². The van der Waals surface area contributed by atoms with Crippen LogP contribution in [0.25, 0.3) is 0 Å². The average Bonchev–Trinajstić information content (AvgIpc) is 2.62.